The van der Waals surface area contributed by atoms with Crippen molar-refractivity contribution >= 4 is 28.9 Å². The van der Waals surface area contributed by atoms with Crippen molar-refractivity contribution in [2.45, 2.75) is 51.5 Å². The van der Waals surface area contributed by atoms with Crippen LogP contribution in [0.5, 0.6) is 0 Å². The molecule has 0 saturated heterocycles. The molecule has 5 nitrogen and oxygen atoms in total. The lowest BCUT2D eigenvalue weighted by atomic mass is 9.97. The standard InChI is InChI=1S/C23H24N2O3S/c26-21(11-9-18-7-4-14-28-18)17-8-10-19-20(15-17)24-23(29)25(22(19)27)13-12-16-5-2-1-3-6-16/h4-5,7-8,10,14-15H,1-3,6,9,11-13H2,(H,24,29). The van der Waals surface area contributed by atoms with E-state index < -0.39 is 0 Å². The van der Waals surface area contributed by atoms with Gasteiger partial charge in [0.1, 0.15) is 5.76 Å². The average molecular weight is 409 g/mol. The fourth-order valence-corrected chi connectivity index (χ4v) is 4.14. The molecule has 1 aromatic carbocycles. The number of furan rings is 1. The summed E-state index contributed by atoms with van der Waals surface area (Å²) in [6, 6.07) is 8.84. The molecule has 0 bridgehead atoms. The minimum atomic E-state index is -0.102. The maximum absolute atomic E-state index is 12.9. The highest BCUT2D eigenvalue weighted by atomic mass is 32.1. The SMILES string of the molecule is O=C(CCc1ccco1)c1ccc2c(=O)n(CCC3=CCCCC3)c(=S)[nH]c2c1. The molecule has 0 amide bonds. The number of aromatic nitrogens is 2. The Morgan fingerprint density at radius 1 is 1.21 bits per heavy atom. The Morgan fingerprint density at radius 2 is 2.10 bits per heavy atom. The fourth-order valence-electron chi connectivity index (χ4n) is 3.85. The van der Waals surface area contributed by atoms with E-state index in [0.717, 1.165) is 25.0 Å². The summed E-state index contributed by atoms with van der Waals surface area (Å²) in [6.45, 7) is 0.583. The molecule has 0 radical (unpaired) electrons. The molecular weight excluding hydrogens is 384 g/mol. The second-order valence-electron chi connectivity index (χ2n) is 7.51. The van der Waals surface area contributed by atoms with Crippen LogP contribution >= 0.6 is 12.2 Å². The quantitative estimate of drug-likeness (QED) is 0.325. The molecule has 29 heavy (non-hydrogen) atoms. The largest absolute Gasteiger partial charge is 0.469 e. The van der Waals surface area contributed by atoms with Crippen LogP contribution < -0.4 is 5.56 Å². The van der Waals surface area contributed by atoms with E-state index in [-0.39, 0.29) is 11.3 Å². The lowest BCUT2D eigenvalue weighted by Gasteiger charge is -2.14. The molecule has 0 saturated carbocycles. The van der Waals surface area contributed by atoms with Crippen LogP contribution in [0.25, 0.3) is 10.9 Å². The van der Waals surface area contributed by atoms with Gasteiger partial charge >= 0.3 is 0 Å². The van der Waals surface area contributed by atoms with Crippen molar-refractivity contribution < 1.29 is 9.21 Å². The Kier molecular flexibility index (Phi) is 5.90. The van der Waals surface area contributed by atoms with Gasteiger partial charge in [-0.2, -0.15) is 0 Å². The van der Waals surface area contributed by atoms with Gasteiger partial charge in [-0.1, -0.05) is 17.7 Å². The first-order valence-electron chi connectivity index (χ1n) is 10.1. The van der Waals surface area contributed by atoms with Crippen molar-refractivity contribution in [3.05, 3.63) is 74.7 Å². The Labute approximate surface area is 174 Å². The fraction of sp³-hybridized carbons (Fsp3) is 0.348. The molecule has 1 aliphatic carbocycles. The number of fused-ring (bicyclic) bond motifs is 1. The van der Waals surface area contributed by atoms with Crippen LogP contribution in [0.3, 0.4) is 0 Å². The first kappa shape index (κ1) is 19.6. The predicted molar refractivity (Wildman–Crippen MR) is 116 cm³/mol. The minimum absolute atomic E-state index is 0.0102. The number of nitrogens with zero attached hydrogens (tertiary/aromatic N) is 1. The van der Waals surface area contributed by atoms with Gasteiger partial charge in [-0.25, -0.2) is 0 Å². The van der Waals surface area contributed by atoms with Gasteiger partial charge in [0.25, 0.3) is 5.56 Å². The maximum Gasteiger partial charge on any atom is 0.262 e. The van der Waals surface area contributed by atoms with E-state index in [1.54, 1.807) is 29.0 Å². The molecule has 1 N–H and O–H groups in total. The van der Waals surface area contributed by atoms with E-state index in [2.05, 4.69) is 11.1 Å². The van der Waals surface area contributed by atoms with Crippen molar-refractivity contribution in [1.29, 1.82) is 0 Å². The number of hydrogen-bond donors (Lipinski definition) is 1. The third-order valence-corrected chi connectivity index (χ3v) is 5.85. The Balaban J connectivity index is 1.54. The lowest BCUT2D eigenvalue weighted by molar-refractivity contribution is 0.0981. The lowest BCUT2D eigenvalue weighted by Crippen LogP contribution is -2.23. The van der Waals surface area contributed by atoms with E-state index in [4.69, 9.17) is 16.6 Å². The summed E-state index contributed by atoms with van der Waals surface area (Å²) in [6.07, 6.45) is 10.4. The van der Waals surface area contributed by atoms with E-state index in [0.29, 0.717) is 40.6 Å². The van der Waals surface area contributed by atoms with E-state index in [1.807, 2.05) is 12.1 Å². The third kappa shape index (κ3) is 4.48. The van der Waals surface area contributed by atoms with Crippen molar-refractivity contribution in [2.75, 3.05) is 0 Å². The molecule has 0 aliphatic heterocycles. The molecule has 1 aliphatic rings. The predicted octanol–water partition coefficient (Wildman–Crippen LogP) is 5.36. The van der Waals surface area contributed by atoms with E-state index in [1.165, 1.54) is 18.4 Å². The average Bonchev–Trinajstić information content (AvgIpc) is 3.26. The zero-order valence-electron chi connectivity index (χ0n) is 16.3. The van der Waals surface area contributed by atoms with Gasteiger partial charge in [-0.3, -0.25) is 14.2 Å². The number of Topliss-reactive ketones (excluding diaryl/α,β-unsaturated/α-hetero) is 1. The number of rotatable bonds is 7. The summed E-state index contributed by atoms with van der Waals surface area (Å²) in [5.41, 5.74) is 2.49. The zero-order chi connectivity index (χ0) is 20.2. The monoisotopic (exact) mass is 408 g/mol. The molecule has 150 valence electrons. The molecule has 4 rings (SSSR count). The zero-order valence-corrected chi connectivity index (χ0v) is 17.1. The van der Waals surface area contributed by atoms with Crippen molar-refractivity contribution in [2.24, 2.45) is 0 Å². The molecule has 2 aromatic heterocycles. The summed E-state index contributed by atoms with van der Waals surface area (Å²) >= 11 is 5.44. The highest BCUT2D eigenvalue weighted by molar-refractivity contribution is 7.71. The van der Waals surface area contributed by atoms with Gasteiger partial charge in [0.15, 0.2) is 10.6 Å². The number of carbonyl (C=O) groups is 1. The topological polar surface area (TPSA) is 68.0 Å². The molecule has 6 heteroatoms. The Morgan fingerprint density at radius 3 is 2.86 bits per heavy atom. The number of aryl methyl sites for hydroxylation is 1. The molecule has 0 spiro atoms. The van der Waals surface area contributed by atoms with Crippen molar-refractivity contribution in [3.8, 4) is 0 Å². The Bertz CT molecular complexity index is 1170. The number of benzene rings is 1. The van der Waals surface area contributed by atoms with Crippen LogP contribution in [0, 0.1) is 4.77 Å². The number of carbonyl (C=O) groups excluding carboxylic acids is 1. The van der Waals surface area contributed by atoms with E-state index >= 15 is 0 Å². The van der Waals surface area contributed by atoms with Crippen molar-refractivity contribution in [1.82, 2.24) is 9.55 Å². The molecular formula is C23H24N2O3S. The number of aromatic amines is 1. The van der Waals surface area contributed by atoms with Crippen LogP contribution in [-0.2, 0) is 13.0 Å². The van der Waals surface area contributed by atoms with E-state index in [9.17, 15) is 9.59 Å². The number of allylic oxidation sites excluding steroid dienone is 2. The first-order valence-corrected chi connectivity index (χ1v) is 10.5. The van der Waals surface area contributed by atoms with Crippen molar-refractivity contribution in [3.63, 3.8) is 0 Å². The second-order valence-corrected chi connectivity index (χ2v) is 7.89. The summed E-state index contributed by atoms with van der Waals surface area (Å²) in [5.74, 6) is 0.797. The van der Waals surface area contributed by atoms with Crippen LogP contribution in [0.1, 0.15) is 54.6 Å². The number of nitrogens with one attached hydrogen (secondary N) is 1. The summed E-state index contributed by atoms with van der Waals surface area (Å²) in [5, 5.41) is 0.554. The molecule has 0 fully saturated rings. The Hall–Kier alpha value is -2.73. The smallest absolute Gasteiger partial charge is 0.262 e. The summed E-state index contributed by atoms with van der Waals surface area (Å²) in [7, 11) is 0. The van der Waals surface area contributed by atoms with Gasteiger partial charge in [0.05, 0.1) is 17.2 Å². The summed E-state index contributed by atoms with van der Waals surface area (Å²) in [4.78, 5) is 28.6. The third-order valence-electron chi connectivity index (χ3n) is 5.52. The molecule has 0 atom stereocenters. The van der Waals surface area contributed by atoms with Crippen LogP contribution in [0.4, 0.5) is 0 Å². The second kappa shape index (κ2) is 8.74. The van der Waals surface area contributed by atoms with Crippen LogP contribution in [-0.4, -0.2) is 15.3 Å². The molecule has 0 unspecified atom stereocenters. The highest BCUT2D eigenvalue weighted by Gasteiger charge is 2.12. The van der Waals surface area contributed by atoms with Gasteiger partial charge in [-0.05, 0) is 68.6 Å². The first-order chi connectivity index (χ1) is 14.1. The number of H-pyrrole nitrogens is 1. The summed E-state index contributed by atoms with van der Waals surface area (Å²) < 4.78 is 7.31. The van der Waals surface area contributed by atoms with Gasteiger partial charge in [0, 0.05) is 24.9 Å². The van der Waals surface area contributed by atoms with Gasteiger partial charge in [0.2, 0.25) is 0 Å². The van der Waals surface area contributed by atoms with Gasteiger partial charge < -0.3 is 9.40 Å². The molecule has 2 heterocycles. The number of hydrogen-bond acceptors (Lipinski definition) is 4. The minimum Gasteiger partial charge on any atom is -0.469 e. The van der Waals surface area contributed by atoms with Crippen LogP contribution in [0.15, 0.2) is 57.5 Å². The number of ketones is 1. The maximum atomic E-state index is 12.9. The normalized spacial score (nSPS) is 14.1. The molecule has 3 aromatic rings. The van der Waals surface area contributed by atoms with Crippen LogP contribution in [0.2, 0.25) is 0 Å². The van der Waals surface area contributed by atoms with Gasteiger partial charge in [-0.15, -0.1) is 0 Å². The highest BCUT2D eigenvalue weighted by Crippen LogP contribution is 2.21.